The van der Waals surface area contributed by atoms with Gasteiger partial charge in [0, 0.05) is 30.4 Å². The van der Waals surface area contributed by atoms with Crippen molar-refractivity contribution in [2.75, 3.05) is 6.54 Å². The molecular formula is C14H17ClN4O2. The second-order valence-corrected chi connectivity index (χ2v) is 5.92. The summed E-state index contributed by atoms with van der Waals surface area (Å²) in [5.41, 5.74) is 0.865. The maximum absolute atomic E-state index is 10.5. The van der Waals surface area contributed by atoms with E-state index in [0.717, 1.165) is 36.6 Å². The van der Waals surface area contributed by atoms with Crippen LogP contribution in [0.4, 0.5) is 4.79 Å². The van der Waals surface area contributed by atoms with E-state index >= 15 is 0 Å². The standard InChI is InChI=1S/C14H17ClN4O2/c15-13-5-12-10(7-16-13)8-19(18-12)11-3-1-9(2-4-11)6-17-14(20)21/h5,7-9,11,17H,1-4,6H2,(H,20,21)/t9-,11-. The molecule has 0 aliphatic heterocycles. The molecule has 2 heterocycles. The van der Waals surface area contributed by atoms with Gasteiger partial charge in [-0.05, 0) is 31.6 Å². The SMILES string of the molecule is O=C(O)NC[C@H]1CC[C@H](n2cc3cnc(Cl)cc3n2)CC1. The average Bonchev–Trinajstić information content (AvgIpc) is 2.88. The molecule has 1 aliphatic carbocycles. The van der Waals surface area contributed by atoms with E-state index in [1.807, 2.05) is 10.9 Å². The van der Waals surface area contributed by atoms with Crippen LogP contribution in [-0.2, 0) is 0 Å². The third-order valence-electron chi connectivity index (χ3n) is 4.11. The van der Waals surface area contributed by atoms with Crippen molar-refractivity contribution in [2.45, 2.75) is 31.7 Å². The number of carbonyl (C=O) groups is 1. The van der Waals surface area contributed by atoms with Gasteiger partial charge in [-0.25, -0.2) is 9.78 Å². The molecule has 6 nitrogen and oxygen atoms in total. The largest absolute Gasteiger partial charge is 0.465 e. The topological polar surface area (TPSA) is 80.0 Å². The van der Waals surface area contributed by atoms with Crippen molar-refractivity contribution >= 4 is 28.6 Å². The van der Waals surface area contributed by atoms with Crippen LogP contribution in [0.5, 0.6) is 0 Å². The first kappa shape index (κ1) is 14.1. The van der Waals surface area contributed by atoms with Gasteiger partial charge < -0.3 is 10.4 Å². The molecule has 7 heteroatoms. The predicted octanol–water partition coefficient (Wildman–Crippen LogP) is 3.08. The molecule has 112 valence electrons. The van der Waals surface area contributed by atoms with Gasteiger partial charge in [0.2, 0.25) is 0 Å². The lowest BCUT2D eigenvalue weighted by atomic mass is 9.86. The fourth-order valence-corrected chi connectivity index (χ4v) is 3.10. The highest BCUT2D eigenvalue weighted by Crippen LogP contribution is 2.32. The number of hydrogen-bond donors (Lipinski definition) is 2. The molecule has 0 bridgehead atoms. The number of nitrogens with one attached hydrogen (secondary N) is 1. The molecule has 2 N–H and O–H groups in total. The van der Waals surface area contributed by atoms with Crippen molar-refractivity contribution in [3.8, 4) is 0 Å². The zero-order valence-corrected chi connectivity index (χ0v) is 12.3. The van der Waals surface area contributed by atoms with Crippen LogP contribution in [-0.4, -0.2) is 32.5 Å². The molecule has 0 spiro atoms. The van der Waals surface area contributed by atoms with Crippen molar-refractivity contribution < 1.29 is 9.90 Å². The highest BCUT2D eigenvalue weighted by Gasteiger charge is 2.23. The monoisotopic (exact) mass is 308 g/mol. The van der Waals surface area contributed by atoms with Crippen molar-refractivity contribution in [3.05, 3.63) is 23.6 Å². The molecule has 0 saturated heterocycles. The van der Waals surface area contributed by atoms with E-state index in [1.165, 1.54) is 0 Å². The maximum atomic E-state index is 10.5. The molecular weight excluding hydrogens is 292 g/mol. The summed E-state index contributed by atoms with van der Waals surface area (Å²) in [5, 5.41) is 17.1. The number of aromatic nitrogens is 3. The van der Waals surface area contributed by atoms with E-state index in [2.05, 4.69) is 15.4 Å². The van der Waals surface area contributed by atoms with Gasteiger partial charge in [-0.15, -0.1) is 0 Å². The molecule has 1 aliphatic rings. The number of carboxylic acid groups (broad SMARTS) is 1. The average molecular weight is 309 g/mol. The van der Waals surface area contributed by atoms with Crippen LogP contribution in [0.2, 0.25) is 5.15 Å². The summed E-state index contributed by atoms with van der Waals surface area (Å²) in [6.07, 6.45) is 6.87. The molecule has 1 fully saturated rings. The summed E-state index contributed by atoms with van der Waals surface area (Å²) in [6.45, 7) is 0.544. The number of fused-ring (bicyclic) bond motifs is 1. The lowest BCUT2D eigenvalue weighted by Crippen LogP contribution is -2.30. The van der Waals surface area contributed by atoms with Crippen LogP contribution < -0.4 is 5.32 Å². The summed E-state index contributed by atoms with van der Waals surface area (Å²) in [6, 6.07) is 2.15. The summed E-state index contributed by atoms with van der Waals surface area (Å²) < 4.78 is 2.00. The number of rotatable bonds is 3. The van der Waals surface area contributed by atoms with Crippen LogP contribution >= 0.6 is 11.6 Å². The Bertz CT molecular complexity index is 649. The molecule has 0 radical (unpaired) electrons. The Morgan fingerprint density at radius 2 is 2.19 bits per heavy atom. The van der Waals surface area contributed by atoms with Crippen LogP contribution in [0.15, 0.2) is 18.5 Å². The normalized spacial score (nSPS) is 22.3. The molecule has 3 rings (SSSR count). The Balaban J connectivity index is 1.64. The first-order chi connectivity index (χ1) is 10.1. The zero-order valence-electron chi connectivity index (χ0n) is 11.5. The van der Waals surface area contributed by atoms with Gasteiger partial charge in [0.15, 0.2) is 0 Å². The van der Waals surface area contributed by atoms with Gasteiger partial charge in [-0.1, -0.05) is 11.6 Å². The van der Waals surface area contributed by atoms with Crippen molar-refractivity contribution in [3.63, 3.8) is 0 Å². The van der Waals surface area contributed by atoms with E-state index < -0.39 is 6.09 Å². The third-order valence-corrected chi connectivity index (χ3v) is 4.31. The molecule has 2 aromatic heterocycles. The van der Waals surface area contributed by atoms with Crippen molar-refractivity contribution in [1.82, 2.24) is 20.1 Å². The first-order valence-corrected chi connectivity index (χ1v) is 7.47. The Kier molecular flexibility index (Phi) is 3.96. The highest BCUT2D eigenvalue weighted by molar-refractivity contribution is 6.29. The van der Waals surface area contributed by atoms with E-state index in [9.17, 15) is 4.79 Å². The van der Waals surface area contributed by atoms with Gasteiger partial charge >= 0.3 is 6.09 Å². The van der Waals surface area contributed by atoms with Gasteiger partial charge in [0.25, 0.3) is 0 Å². The van der Waals surface area contributed by atoms with Crippen LogP contribution in [0.1, 0.15) is 31.7 Å². The second kappa shape index (κ2) is 5.89. The molecule has 21 heavy (non-hydrogen) atoms. The molecule has 0 aromatic carbocycles. The fraction of sp³-hybridized carbons (Fsp3) is 0.500. The number of amides is 1. The lowest BCUT2D eigenvalue weighted by molar-refractivity contribution is 0.187. The van der Waals surface area contributed by atoms with E-state index in [4.69, 9.17) is 16.7 Å². The number of nitrogens with zero attached hydrogens (tertiary/aromatic N) is 3. The second-order valence-electron chi connectivity index (χ2n) is 5.54. The van der Waals surface area contributed by atoms with E-state index in [-0.39, 0.29) is 0 Å². The van der Waals surface area contributed by atoms with Crippen LogP contribution in [0, 0.1) is 5.92 Å². The van der Waals surface area contributed by atoms with Gasteiger partial charge in [-0.3, -0.25) is 4.68 Å². The summed E-state index contributed by atoms with van der Waals surface area (Å²) in [7, 11) is 0. The predicted molar refractivity (Wildman–Crippen MR) is 79.6 cm³/mol. The van der Waals surface area contributed by atoms with E-state index in [0.29, 0.717) is 23.7 Å². The summed E-state index contributed by atoms with van der Waals surface area (Å²) in [5.74, 6) is 0.429. The molecule has 0 atom stereocenters. The lowest BCUT2D eigenvalue weighted by Gasteiger charge is -2.28. The van der Waals surface area contributed by atoms with E-state index in [1.54, 1.807) is 12.3 Å². The highest BCUT2D eigenvalue weighted by atomic mass is 35.5. The Morgan fingerprint density at radius 3 is 2.90 bits per heavy atom. The minimum Gasteiger partial charge on any atom is -0.465 e. The quantitative estimate of drug-likeness (QED) is 0.854. The molecule has 1 saturated carbocycles. The van der Waals surface area contributed by atoms with Crippen molar-refractivity contribution in [2.24, 2.45) is 5.92 Å². The summed E-state index contributed by atoms with van der Waals surface area (Å²) in [4.78, 5) is 14.6. The molecule has 1 amide bonds. The van der Waals surface area contributed by atoms with Crippen molar-refractivity contribution in [1.29, 1.82) is 0 Å². The maximum Gasteiger partial charge on any atom is 0.404 e. The Labute approximate surface area is 127 Å². The zero-order chi connectivity index (χ0) is 14.8. The van der Waals surface area contributed by atoms with Crippen LogP contribution in [0.3, 0.4) is 0 Å². The Hall–Kier alpha value is -1.82. The minimum absolute atomic E-state index is 0.372. The fourth-order valence-electron chi connectivity index (χ4n) is 2.94. The first-order valence-electron chi connectivity index (χ1n) is 7.09. The summed E-state index contributed by atoms with van der Waals surface area (Å²) >= 11 is 5.88. The number of hydrogen-bond acceptors (Lipinski definition) is 3. The third kappa shape index (κ3) is 3.26. The van der Waals surface area contributed by atoms with Gasteiger partial charge in [-0.2, -0.15) is 5.10 Å². The molecule has 0 unspecified atom stereocenters. The van der Waals surface area contributed by atoms with Gasteiger partial charge in [0.1, 0.15) is 5.15 Å². The van der Waals surface area contributed by atoms with Gasteiger partial charge in [0.05, 0.1) is 11.6 Å². The Morgan fingerprint density at radius 1 is 1.43 bits per heavy atom. The number of halogens is 1. The smallest absolute Gasteiger partial charge is 0.404 e. The minimum atomic E-state index is -0.945. The van der Waals surface area contributed by atoms with Crippen LogP contribution in [0.25, 0.3) is 10.9 Å². The molecule has 2 aromatic rings. The number of pyridine rings is 1.